The Kier molecular flexibility index (Phi) is 5.82. The Labute approximate surface area is 158 Å². The van der Waals surface area contributed by atoms with Crippen LogP contribution in [0.4, 0.5) is 0 Å². The number of carbonyl (C=O) groups is 1. The van der Waals surface area contributed by atoms with Crippen LogP contribution in [0.5, 0.6) is 0 Å². The summed E-state index contributed by atoms with van der Waals surface area (Å²) in [5.41, 5.74) is 0.657. The summed E-state index contributed by atoms with van der Waals surface area (Å²) >= 11 is 7.61. The normalized spacial score (nSPS) is 17.4. The zero-order valence-corrected chi connectivity index (χ0v) is 16.0. The van der Waals surface area contributed by atoms with Crippen LogP contribution in [-0.2, 0) is 16.6 Å². The van der Waals surface area contributed by atoms with Gasteiger partial charge < -0.3 is 10.4 Å². The zero-order valence-electron chi connectivity index (χ0n) is 14.4. The van der Waals surface area contributed by atoms with Gasteiger partial charge in [-0.15, -0.1) is 11.3 Å². The second kappa shape index (κ2) is 7.90. The number of thiophene rings is 1. The number of nitrogens with one attached hydrogen (secondary N) is 1. The number of hydrogen-bond donors (Lipinski definition) is 2. The number of halogens is 1. The average molecular weight is 378 g/mol. The van der Waals surface area contributed by atoms with Crippen LogP contribution in [0, 0.1) is 0 Å². The number of hydrogen-bond acceptors (Lipinski definition) is 3. The monoisotopic (exact) mass is 377 g/mol. The van der Waals surface area contributed by atoms with Crippen molar-refractivity contribution in [1.82, 2.24) is 5.32 Å². The van der Waals surface area contributed by atoms with E-state index in [1.165, 1.54) is 4.88 Å². The van der Waals surface area contributed by atoms with Crippen molar-refractivity contribution in [2.24, 2.45) is 0 Å². The van der Waals surface area contributed by atoms with Crippen molar-refractivity contribution < 1.29 is 9.90 Å². The minimum absolute atomic E-state index is 0.125. The van der Waals surface area contributed by atoms with E-state index in [4.69, 9.17) is 11.6 Å². The number of rotatable bonds is 6. The van der Waals surface area contributed by atoms with Gasteiger partial charge in [0.05, 0.1) is 11.5 Å². The molecule has 2 aromatic rings. The quantitative estimate of drug-likeness (QED) is 0.771. The Bertz CT molecular complexity index is 718. The Hall–Kier alpha value is -1.36. The highest BCUT2D eigenvalue weighted by Crippen LogP contribution is 2.41. The molecule has 1 heterocycles. The summed E-state index contributed by atoms with van der Waals surface area (Å²) in [7, 11) is 0. The van der Waals surface area contributed by atoms with Crippen molar-refractivity contribution in [2.45, 2.75) is 50.5 Å². The maximum atomic E-state index is 13.0. The summed E-state index contributed by atoms with van der Waals surface area (Å²) in [5, 5.41) is 13.4. The van der Waals surface area contributed by atoms with E-state index < -0.39 is 11.5 Å². The molecule has 3 nitrogen and oxygen atoms in total. The van der Waals surface area contributed by atoms with Crippen LogP contribution in [0.25, 0.3) is 0 Å². The van der Waals surface area contributed by atoms with Crippen LogP contribution < -0.4 is 5.32 Å². The van der Waals surface area contributed by atoms with E-state index >= 15 is 0 Å². The summed E-state index contributed by atoms with van der Waals surface area (Å²) in [6.07, 6.45) is 4.31. The van der Waals surface area contributed by atoms with Crippen molar-refractivity contribution >= 4 is 28.8 Å². The average Bonchev–Trinajstić information content (AvgIpc) is 3.25. The highest BCUT2D eigenvalue weighted by atomic mass is 35.5. The highest BCUT2D eigenvalue weighted by molar-refractivity contribution is 7.12. The summed E-state index contributed by atoms with van der Waals surface area (Å²) < 4.78 is 0. The third-order valence-corrected chi connectivity index (χ3v) is 6.61. The fourth-order valence-electron chi connectivity index (χ4n) is 3.62. The standard InChI is InChI=1S/C20H24ClNO2S/c1-14(23)18-9-8-17(25-18)10-13-22-19(24)20(11-2-3-12-20)15-4-6-16(21)7-5-15/h4-9,14,23H,2-3,10-13H2,1H3,(H,22,24)/t14-/m0/s1. The van der Waals surface area contributed by atoms with Gasteiger partial charge in [0, 0.05) is 21.3 Å². The lowest BCUT2D eigenvalue weighted by Gasteiger charge is -2.28. The first-order valence-electron chi connectivity index (χ1n) is 8.82. The minimum Gasteiger partial charge on any atom is -0.388 e. The van der Waals surface area contributed by atoms with E-state index in [0.717, 1.165) is 42.5 Å². The smallest absolute Gasteiger partial charge is 0.230 e. The summed E-state index contributed by atoms with van der Waals surface area (Å²) in [5.74, 6) is 0.125. The lowest BCUT2D eigenvalue weighted by atomic mass is 9.78. The van der Waals surface area contributed by atoms with Crippen molar-refractivity contribution in [1.29, 1.82) is 0 Å². The molecule has 25 heavy (non-hydrogen) atoms. The van der Waals surface area contributed by atoms with Gasteiger partial charge in [-0.05, 0) is 56.0 Å². The molecule has 0 unspecified atom stereocenters. The molecule has 1 aliphatic carbocycles. The molecule has 5 heteroatoms. The van der Waals surface area contributed by atoms with Gasteiger partial charge in [0.25, 0.3) is 0 Å². The molecule has 1 aromatic carbocycles. The van der Waals surface area contributed by atoms with Gasteiger partial charge in [0.1, 0.15) is 0 Å². The molecule has 134 valence electrons. The maximum absolute atomic E-state index is 13.0. The van der Waals surface area contributed by atoms with Crippen LogP contribution in [-0.4, -0.2) is 17.6 Å². The fraction of sp³-hybridized carbons (Fsp3) is 0.450. The number of amides is 1. The second-order valence-electron chi connectivity index (χ2n) is 6.78. The zero-order chi connectivity index (χ0) is 17.9. The SMILES string of the molecule is C[C@H](O)c1ccc(CCNC(=O)C2(c3ccc(Cl)cc3)CCCC2)s1. The van der Waals surface area contributed by atoms with Crippen LogP contribution in [0.15, 0.2) is 36.4 Å². The lowest BCUT2D eigenvalue weighted by Crippen LogP contribution is -2.43. The molecule has 1 atom stereocenters. The first-order chi connectivity index (χ1) is 12.0. The summed E-state index contributed by atoms with van der Waals surface area (Å²) in [4.78, 5) is 15.1. The third-order valence-electron chi connectivity index (χ3n) is 5.04. The predicted molar refractivity (Wildman–Crippen MR) is 103 cm³/mol. The minimum atomic E-state index is -0.431. The largest absolute Gasteiger partial charge is 0.388 e. The van der Waals surface area contributed by atoms with Crippen LogP contribution in [0.1, 0.15) is 54.0 Å². The van der Waals surface area contributed by atoms with Crippen molar-refractivity contribution in [3.63, 3.8) is 0 Å². The van der Waals surface area contributed by atoms with E-state index in [1.807, 2.05) is 36.4 Å². The Morgan fingerprint density at radius 2 is 1.92 bits per heavy atom. The van der Waals surface area contributed by atoms with Gasteiger partial charge >= 0.3 is 0 Å². The van der Waals surface area contributed by atoms with Crippen molar-refractivity contribution in [3.05, 3.63) is 56.7 Å². The number of benzene rings is 1. The van der Waals surface area contributed by atoms with Crippen LogP contribution in [0.2, 0.25) is 5.02 Å². The van der Waals surface area contributed by atoms with Crippen LogP contribution >= 0.6 is 22.9 Å². The molecule has 1 amide bonds. The molecule has 3 rings (SSSR count). The highest BCUT2D eigenvalue weighted by Gasteiger charge is 2.42. The Morgan fingerprint density at radius 1 is 1.24 bits per heavy atom. The molecule has 0 radical (unpaired) electrons. The molecule has 0 aliphatic heterocycles. The van der Waals surface area contributed by atoms with Crippen molar-refractivity contribution in [2.75, 3.05) is 6.54 Å². The van der Waals surface area contributed by atoms with E-state index in [1.54, 1.807) is 18.3 Å². The summed E-state index contributed by atoms with van der Waals surface area (Å²) in [6.45, 7) is 2.39. The summed E-state index contributed by atoms with van der Waals surface area (Å²) in [6, 6.07) is 11.7. The number of aliphatic hydroxyl groups excluding tert-OH is 1. The molecular weight excluding hydrogens is 354 g/mol. The topological polar surface area (TPSA) is 49.3 Å². The van der Waals surface area contributed by atoms with E-state index in [9.17, 15) is 9.90 Å². The van der Waals surface area contributed by atoms with E-state index in [2.05, 4.69) is 5.32 Å². The molecule has 1 aliphatic rings. The molecule has 2 N–H and O–H groups in total. The number of aliphatic hydroxyl groups is 1. The first-order valence-corrected chi connectivity index (χ1v) is 10.0. The molecule has 1 saturated carbocycles. The molecule has 1 fully saturated rings. The van der Waals surface area contributed by atoms with E-state index in [-0.39, 0.29) is 5.91 Å². The molecule has 1 aromatic heterocycles. The molecular formula is C20H24ClNO2S. The third kappa shape index (κ3) is 4.08. The van der Waals surface area contributed by atoms with Gasteiger partial charge in [0.15, 0.2) is 0 Å². The lowest BCUT2D eigenvalue weighted by molar-refractivity contribution is -0.126. The van der Waals surface area contributed by atoms with Gasteiger partial charge in [0.2, 0.25) is 5.91 Å². The Morgan fingerprint density at radius 3 is 2.52 bits per heavy atom. The molecule has 0 bridgehead atoms. The van der Waals surface area contributed by atoms with Gasteiger partial charge in [-0.1, -0.05) is 36.6 Å². The van der Waals surface area contributed by atoms with E-state index in [0.29, 0.717) is 11.6 Å². The van der Waals surface area contributed by atoms with Gasteiger partial charge in [-0.25, -0.2) is 0 Å². The van der Waals surface area contributed by atoms with Crippen LogP contribution in [0.3, 0.4) is 0 Å². The van der Waals surface area contributed by atoms with Gasteiger partial charge in [-0.2, -0.15) is 0 Å². The maximum Gasteiger partial charge on any atom is 0.230 e. The predicted octanol–water partition coefficient (Wildman–Crippen LogP) is 4.63. The van der Waals surface area contributed by atoms with Crippen molar-refractivity contribution in [3.8, 4) is 0 Å². The molecule has 0 saturated heterocycles. The number of carbonyl (C=O) groups excluding carboxylic acids is 1. The fourth-order valence-corrected chi connectivity index (χ4v) is 4.69. The molecule has 0 spiro atoms. The second-order valence-corrected chi connectivity index (χ2v) is 8.42. The Balaban J connectivity index is 1.64. The van der Waals surface area contributed by atoms with Gasteiger partial charge in [-0.3, -0.25) is 4.79 Å². The first kappa shape index (κ1) is 18.4.